The average Bonchev–Trinajstić information content (AvgIpc) is 3.45. The molecule has 1 spiro atoms. The molecule has 0 saturated carbocycles. The van der Waals surface area contributed by atoms with Crippen LogP contribution in [0.15, 0.2) is 26.9 Å². The molecule has 5 N–H and O–H groups in total. The molecule has 5 aliphatic rings. The molecular formula is C25H35N7O5S. The van der Waals surface area contributed by atoms with Gasteiger partial charge in [0.05, 0.1) is 38.1 Å². The first-order chi connectivity index (χ1) is 18.4. The summed E-state index contributed by atoms with van der Waals surface area (Å²) < 4.78 is 17.2. The van der Waals surface area contributed by atoms with Gasteiger partial charge in [0, 0.05) is 48.8 Å². The highest BCUT2D eigenvalue weighted by Crippen LogP contribution is 2.43. The first-order valence-electron chi connectivity index (χ1n) is 13.3. The van der Waals surface area contributed by atoms with Crippen molar-refractivity contribution in [2.45, 2.75) is 68.5 Å². The Labute approximate surface area is 225 Å². The molecule has 1 unspecified atom stereocenters. The van der Waals surface area contributed by atoms with Crippen molar-refractivity contribution < 1.29 is 24.1 Å². The molecule has 1 amide bonds. The zero-order valence-electron chi connectivity index (χ0n) is 21.5. The number of anilines is 1. The summed E-state index contributed by atoms with van der Waals surface area (Å²) in [5.74, 6) is 2.27. The van der Waals surface area contributed by atoms with Gasteiger partial charge in [0.2, 0.25) is 0 Å². The number of thioether (sulfide) groups is 1. The van der Waals surface area contributed by atoms with Crippen molar-refractivity contribution >= 4 is 29.5 Å². The van der Waals surface area contributed by atoms with Crippen LogP contribution in [0.2, 0.25) is 0 Å². The molecule has 0 bridgehead atoms. The Hall–Kier alpha value is -2.61. The fourth-order valence-electron chi connectivity index (χ4n) is 6.34. The number of aliphatic hydroxyl groups is 1. The Morgan fingerprint density at radius 2 is 2.18 bits per heavy atom. The average molecular weight is 546 g/mol. The summed E-state index contributed by atoms with van der Waals surface area (Å²) in [4.78, 5) is 30.8. The van der Waals surface area contributed by atoms with E-state index in [4.69, 9.17) is 40.6 Å². The summed E-state index contributed by atoms with van der Waals surface area (Å²) in [7, 11) is 0. The van der Waals surface area contributed by atoms with Gasteiger partial charge >= 0.3 is 6.09 Å². The molecule has 38 heavy (non-hydrogen) atoms. The maximum absolute atomic E-state index is 11.2. The number of aromatic nitrogens is 2. The van der Waals surface area contributed by atoms with Crippen molar-refractivity contribution in [1.82, 2.24) is 14.9 Å². The molecule has 206 valence electrons. The Morgan fingerprint density at radius 3 is 2.89 bits per heavy atom. The number of hydrogen-bond donors (Lipinski definition) is 3. The van der Waals surface area contributed by atoms with Crippen molar-refractivity contribution in [3.8, 4) is 0 Å². The minimum Gasteiger partial charge on any atom is -0.487 e. The van der Waals surface area contributed by atoms with E-state index in [-0.39, 0.29) is 36.3 Å². The molecule has 1 aromatic heterocycles. The number of carbonyl (C=O) groups is 1. The van der Waals surface area contributed by atoms with Crippen LogP contribution in [0.1, 0.15) is 38.3 Å². The van der Waals surface area contributed by atoms with Gasteiger partial charge in [-0.25, -0.2) is 14.8 Å². The van der Waals surface area contributed by atoms with E-state index in [1.54, 1.807) is 6.20 Å². The number of hydrogen-bond acceptors (Lipinski definition) is 12. The van der Waals surface area contributed by atoms with E-state index in [1.807, 2.05) is 6.92 Å². The predicted molar refractivity (Wildman–Crippen MR) is 141 cm³/mol. The van der Waals surface area contributed by atoms with E-state index in [0.29, 0.717) is 43.4 Å². The lowest BCUT2D eigenvalue weighted by atomic mass is 9.73. The van der Waals surface area contributed by atoms with Gasteiger partial charge in [-0.15, -0.1) is 0 Å². The molecule has 4 atom stereocenters. The molecule has 4 saturated heterocycles. The number of primary amides is 1. The number of ether oxygens (including phenoxy) is 3. The first-order valence-corrected chi connectivity index (χ1v) is 14.1. The second-order valence-electron chi connectivity index (χ2n) is 10.7. The number of aliphatic imine (C=N–C) groups is 1. The van der Waals surface area contributed by atoms with Gasteiger partial charge in [-0.05, 0) is 19.8 Å². The van der Waals surface area contributed by atoms with Crippen LogP contribution in [-0.4, -0.2) is 95.6 Å². The van der Waals surface area contributed by atoms with Gasteiger partial charge in [-0.3, -0.25) is 4.99 Å². The summed E-state index contributed by atoms with van der Waals surface area (Å²) in [5, 5.41) is 10.9. The van der Waals surface area contributed by atoms with Crippen LogP contribution in [0.4, 0.5) is 10.6 Å². The molecule has 13 heteroatoms. The molecule has 0 aromatic carbocycles. The number of fused-ring (bicyclic) bond motifs is 3. The van der Waals surface area contributed by atoms with Crippen molar-refractivity contribution in [2.75, 3.05) is 44.3 Å². The lowest BCUT2D eigenvalue weighted by molar-refractivity contribution is 0.0973. The quantitative estimate of drug-likeness (QED) is 0.483. The third kappa shape index (κ3) is 4.59. The molecule has 6 heterocycles. The third-order valence-corrected chi connectivity index (χ3v) is 9.53. The van der Waals surface area contributed by atoms with E-state index in [1.165, 1.54) is 11.8 Å². The second-order valence-corrected chi connectivity index (χ2v) is 11.9. The highest BCUT2D eigenvalue weighted by Gasteiger charge is 2.48. The lowest BCUT2D eigenvalue weighted by Gasteiger charge is -2.41. The number of amidine groups is 1. The van der Waals surface area contributed by atoms with Crippen LogP contribution >= 0.6 is 11.8 Å². The Kier molecular flexibility index (Phi) is 6.87. The zero-order valence-corrected chi connectivity index (χ0v) is 22.4. The monoisotopic (exact) mass is 545 g/mol. The van der Waals surface area contributed by atoms with E-state index >= 15 is 0 Å². The molecule has 12 nitrogen and oxygen atoms in total. The van der Waals surface area contributed by atoms with Crippen molar-refractivity contribution in [1.29, 1.82) is 0 Å². The number of nitrogens with two attached hydrogens (primary N) is 2. The zero-order chi connectivity index (χ0) is 26.4. The van der Waals surface area contributed by atoms with Crippen LogP contribution in [0.3, 0.4) is 0 Å². The number of nitrogens with zero attached hydrogens (tertiary/aromatic N) is 5. The van der Waals surface area contributed by atoms with Gasteiger partial charge in [-0.2, -0.15) is 0 Å². The molecule has 0 radical (unpaired) electrons. The maximum atomic E-state index is 11.2. The molecule has 6 rings (SSSR count). The molecular weight excluding hydrogens is 510 g/mol. The Bertz CT molecular complexity index is 1150. The Morgan fingerprint density at radius 1 is 1.37 bits per heavy atom. The number of morpholine rings is 1. The summed E-state index contributed by atoms with van der Waals surface area (Å²) >= 11 is 1.50. The summed E-state index contributed by atoms with van der Waals surface area (Å²) in [6.45, 7) is 5.85. The summed E-state index contributed by atoms with van der Waals surface area (Å²) in [5.41, 5.74) is 12.3. The second kappa shape index (κ2) is 10.2. The third-order valence-electron chi connectivity index (χ3n) is 8.49. The van der Waals surface area contributed by atoms with Gasteiger partial charge in [0.25, 0.3) is 0 Å². The number of rotatable bonds is 5. The smallest absolute Gasteiger partial charge is 0.404 e. The standard InChI is InChI=1S/C25H35N7O5S/c1-14-21(26)25(13-36-14)3-6-31(7-4-25)22-17(11-33)30-19(9-29-22)38-18-2-5-28-23-20(18)35-12-15-8-16(10-32(15)23)37-24(27)34/h9,14-16,21,33H,2-8,10-13,26H2,1H3,(H2,27,34)/t14-,15-,16?,21+/m0/s1. The normalized spacial score (nSPS) is 30.1. The summed E-state index contributed by atoms with van der Waals surface area (Å²) in [6, 6.07) is 0.146. The molecule has 0 aliphatic carbocycles. The van der Waals surface area contributed by atoms with Gasteiger partial charge in [0.1, 0.15) is 23.4 Å². The first kappa shape index (κ1) is 25.7. The topological polar surface area (TPSA) is 162 Å². The lowest BCUT2D eigenvalue weighted by Crippen LogP contribution is -2.51. The fraction of sp³-hybridized carbons (Fsp3) is 0.680. The van der Waals surface area contributed by atoms with E-state index in [9.17, 15) is 9.90 Å². The SMILES string of the molecule is C[C@@H]1OCC2(CCN(c3ncc(SC4=C5OC[C@@H]6CC(OC(N)=O)CN6C5=NCC4)nc3CO)CC2)[C@@H]1N. The fourth-order valence-corrected chi connectivity index (χ4v) is 7.29. The maximum Gasteiger partial charge on any atom is 0.404 e. The Balaban J connectivity index is 1.16. The van der Waals surface area contributed by atoms with Crippen molar-refractivity contribution in [3.05, 3.63) is 22.6 Å². The van der Waals surface area contributed by atoms with Crippen LogP contribution < -0.4 is 16.4 Å². The van der Waals surface area contributed by atoms with Gasteiger partial charge in [-0.1, -0.05) is 11.8 Å². The molecule has 5 aliphatic heterocycles. The van der Waals surface area contributed by atoms with Crippen LogP contribution in [-0.2, 0) is 20.8 Å². The number of aliphatic hydroxyl groups excluding tert-OH is 1. The number of amides is 1. The largest absolute Gasteiger partial charge is 0.487 e. The summed E-state index contributed by atoms with van der Waals surface area (Å²) in [6.07, 6.45) is 4.09. The van der Waals surface area contributed by atoms with E-state index in [0.717, 1.165) is 54.7 Å². The number of piperidine rings is 1. The van der Waals surface area contributed by atoms with Crippen LogP contribution in [0, 0.1) is 5.41 Å². The van der Waals surface area contributed by atoms with Crippen LogP contribution in [0.25, 0.3) is 0 Å². The van der Waals surface area contributed by atoms with Gasteiger partial charge in [0.15, 0.2) is 17.4 Å². The highest BCUT2D eigenvalue weighted by molar-refractivity contribution is 8.03. The minimum atomic E-state index is -0.759. The minimum absolute atomic E-state index is 0.0208. The van der Waals surface area contributed by atoms with Gasteiger partial charge < -0.3 is 40.6 Å². The highest BCUT2D eigenvalue weighted by atomic mass is 32.2. The predicted octanol–water partition coefficient (Wildman–Crippen LogP) is 0.976. The van der Waals surface area contributed by atoms with Crippen LogP contribution in [0.5, 0.6) is 0 Å². The molecule has 4 fully saturated rings. The van der Waals surface area contributed by atoms with E-state index in [2.05, 4.69) is 9.80 Å². The van der Waals surface area contributed by atoms with Crippen molar-refractivity contribution in [3.63, 3.8) is 0 Å². The van der Waals surface area contributed by atoms with Crippen molar-refractivity contribution in [2.24, 2.45) is 21.9 Å². The molecule has 1 aromatic rings. The number of dihydropyridines is 1. The number of carbonyl (C=O) groups excluding carboxylic acids is 1. The van der Waals surface area contributed by atoms with E-state index < -0.39 is 6.09 Å².